The maximum atomic E-state index is 14.4. The van der Waals surface area contributed by atoms with Gasteiger partial charge in [-0.05, 0) is 30.5 Å². The van der Waals surface area contributed by atoms with E-state index in [1.54, 1.807) is 11.0 Å². The van der Waals surface area contributed by atoms with Crippen LogP contribution >= 0.6 is 12.4 Å². The summed E-state index contributed by atoms with van der Waals surface area (Å²) in [6.45, 7) is 1.47. The lowest BCUT2D eigenvalue weighted by atomic mass is 10.1. The first-order chi connectivity index (χ1) is 15.8. The molecule has 34 heavy (non-hydrogen) atoms. The quantitative estimate of drug-likeness (QED) is 0.557. The predicted octanol–water partition coefficient (Wildman–Crippen LogP) is 2.47. The molecule has 1 aliphatic carbocycles. The summed E-state index contributed by atoms with van der Waals surface area (Å²) in [5, 5.41) is 0. The van der Waals surface area contributed by atoms with Gasteiger partial charge >= 0.3 is 6.03 Å². The second-order valence-corrected chi connectivity index (χ2v) is 11.2. The topological polar surface area (TPSA) is 90.9 Å². The molecule has 3 heterocycles. The summed E-state index contributed by atoms with van der Waals surface area (Å²) >= 11 is 0. The van der Waals surface area contributed by atoms with E-state index in [2.05, 4.69) is 4.98 Å². The Morgan fingerprint density at radius 3 is 2.29 bits per heavy atom. The third-order valence-electron chi connectivity index (χ3n) is 6.34. The van der Waals surface area contributed by atoms with Gasteiger partial charge in [0, 0.05) is 37.8 Å². The van der Waals surface area contributed by atoms with Crippen molar-refractivity contribution in [3.05, 3.63) is 53.5 Å². The van der Waals surface area contributed by atoms with Crippen molar-refractivity contribution in [3.63, 3.8) is 0 Å². The Morgan fingerprint density at radius 1 is 0.971 bits per heavy atom. The summed E-state index contributed by atoms with van der Waals surface area (Å²) in [5.74, 6) is -0.381. The lowest BCUT2D eigenvalue weighted by molar-refractivity contribution is -0.125. The molecule has 2 aromatic rings. The monoisotopic (exact) mass is 508 g/mol. The Balaban J connectivity index is 0.00000274. The van der Waals surface area contributed by atoms with Gasteiger partial charge in [-0.1, -0.05) is 24.3 Å². The van der Waals surface area contributed by atoms with Gasteiger partial charge in [-0.2, -0.15) is 0 Å². The van der Waals surface area contributed by atoms with E-state index in [4.69, 9.17) is 0 Å². The molecule has 0 atom stereocenters. The van der Waals surface area contributed by atoms with Crippen LogP contribution in [0.5, 0.6) is 0 Å². The van der Waals surface area contributed by atoms with E-state index in [0.717, 1.165) is 24.0 Å². The molecule has 2 aliphatic heterocycles. The molecule has 2 saturated heterocycles. The molecule has 3 fully saturated rings. The van der Waals surface area contributed by atoms with Crippen LogP contribution in [0, 0.1) is 5.82 Å². The molecule has 182 valence electrons. The number of carbonyl (C=O) groups excluding carboxylic acids is 2. The third-order valence-corrected chi connectivity index (χ3v) is 7.94. The average Bonchev–Trinajstić information content (AvgIpc) is 3.57. The number of carbonyl (C=O) groups is 2. The SMILES string of the molecule is Cl.O=C1CN(Cc2ccc(-c3ccc(F)c(CN4CCS(=O)(=O)CC4)n3)cc2)C(=O)N1C1CC1. The second-order valence-electron chi connectivity index (χ2n) is 8.88. The number of benzene rings is 1. The van der Waals surface area contributed by atoms with Crippen LogP contribution in [-0.2, 0) is 27.7 Å². The minimum absolute atomic E-state index is 0. The molecule has 3 amide bonds. The summed E-state index contributed by atoms with van der Waals surface area (Å²) in [5.41, 5.74) is 2.62. The predicted molar refractivity (Wildman–Crippen MR) is 126 cm³/mol. The Labute approximate surface area is 204 Å². The Morgan fingerprint density at radius 2 is 1.65 bits per heavy atom. The van der Waals surface area contributed by atoms with Crippen LogP contribution < -0.4 is 0 Å². The third kappa shape index (κ3) is 5.24. The number of halogens is 2. The van der Waals surface area contributed by atoms with Crippen LogP contribution in [0.2, 0.25) is 0 Å². The van der Waals surface area contributed by atoms with Gasteiger partial charge in [-0.25, -0.2) is 22.6 Å². The molecular formula is C23H26ClFN4O4S. The smallest absolute Gasteiger partial charge is 0.311 e. The zero-order chi connectivity index (χ0) is 23.2. The summed E-state index contributed by atoms with van der Waals surface area (Å²) in [7, 11) is -2.99. The average molecular weight is 509 g/mol. The molecule has 1 aromatic carbocycles. The van der Waals surface area contributed by atoms with Crippen molar-refractivity contribution in [2.75, 3.05) is 31.1 Å². The zero-order valence-electron chi connectivity index (χ0n) is 18.5. The van der Waals surface area contributed by atoms with E-state index in [9.17, 15) is 22.4 Å². The Bertz CT molecular complexity index is 1190. The van der Waals surface area contributed by atoms with Gasteiger partial charge in [0.1, 0.15) is 12.4 Å². The van der Waals surface area contributed by atoms with Crippen molar-refractivity contribution in [2.24, 2.45) is 0 Å². The minimum atomic E-state index is -2.99. The van der Waals surface area contributed by atoms with E-state index in [1.807, 2.05) is 29.2 Å². The zero-order valence-corrected chi connectivity index (χ0v) is 20.2. The van der Waals surface area contributed by atoms with Crippen molar-refractivity contribution in [1.29, 1.82) is 0 Å². The molecule has 11 heteroatoms. The fraction of sp³-hybridized carbons (Fsp3) is 0.435. The molecule has 0 spiro atoms. The van der Waals surface area contributed by atoms with Gasteiger partial charge in [0.15, 0.2) is 9.84 Å². The number of pyridine rings is 1. The first kappa shape index (κ1) is 24.6. The standard InChI is InChI=1S/C23H25FN4O4S.ClH/c24-19-7-8-20(25-21(19)14-26-9-11-33(31,32)12-10-26)17-3-1-16(2-4-17)13-27-15-22(29)28(23(27)30)18-5-6-18;/h1-4,7-8,18H,5-6,9-15H2;1H. The molecule has 0 bridgehead atoms. The van der Waals surface area contributed by atoms with E-state index in [-0.39, 0.29) is 60.7 Å². The molecular weight excluding hydrogens is 483 g/mol. The molecule has 0 unspecified atom stereocenters. The van der Waals surface area contributed by atoms with Crippen molar-refractivity contribution in [3.8, 4) is 11.3 Å². The van der Waals surface area contributed by atoms with Crippen LogP contribution in [0.3, 0.4) is 0 Å². The number of amides is 3. The van der Waals surface area contributed by atoms with E-state index >= 15 is 0 Å². The van der Waals surface area contributed by atoms with E-state index < -0.39 is 15.7 Å². The highest BCUT2D eigenvalue weighted by Gasteiger charge is 2.44. The highest BCUT2D eigenvalue weighted by molar-refractivity contribution is 7.91. The van der Waals surface area contributed by atoms with Gasteiger partial charge in [0.05, 0.1) is 22.9 Å². The molecule has 1 aromatic heterocycles. The normalized spacial score (nSPS) is 20.5. The first-order valence-corrected chi connectivity index (χ1v) is 12.9. The van der Waals surface area contributed by atoms with Crippen LogP contribution in [0.15, 0.2) is 36.4 Å². The van der Waals surface area contributed by atoms with E-state index in [1.165, 1.54) is 11.0 Å². The van der Waals surface area contributed by atoms with Crippen molar-refractivity contribution in [1.82, 2.24) is 19.7 Å². The molecule has 3 aliphatic rings. The fourth-order valence-corrected chi connectivity index (χ4v) is 5.54. The molecule has 1 saturated carbocycles. The molecule has 0 N–H and O–H groups in total. The van der Waals surface area contributed by atoms with Gasteiger partial charge in [0.25, 0.3) is 5.91 Å². The number of sulfone groups is 1. The minimum Gasteiger partial charge on any atom is -0.311 e. The van der Waals surface area contributed by atoms with Gasteiger partial charge in [-0.3, -0.25) is 14.6 Å². The van der Waals surface area contributed by atoms with Crippen LogP contribution in [0.25, 0.3) is 11.3 Å². The van der Waals surface area contributed by atoms with Gasteiger partial charge in [-0.15, -0.1) is 12.4 Å². The highest BCUT2D eigenvalue weighted by Crippen LogP contribution is 2.31. The van der Waals surface area contributed by atoms with Gasteiger partial charge in [0.2, 0.25) is 0 Å². The summed E-state index contributed by atoms with van der Waals surface area (Å²) in [6.07, 6.45) is 1.78. The Hall–Kier alpha value is -2.56. The van der Waals surface area contributed by atoms with Crippen LogP contribution in [0.4, 0.5) is 9.18 Å². The number of hydrogen-bond acceptors (Lipinski definition) is 6. The Kier molecular flexibility index (Phi) is 6.93. The number of urea groups is 1. The lowest BCUT2D eigenvalue weighted by Gasteiger charge is -2.26. The number of aromatic nitrogens is 1. The summed E-state index contributed by atoms with van der Waals surface area (Å²) in [6, 6.07) is 10.4. The number of rotatable bonds is 6. The molecule has 5 rings (SSSR count). The maximum absolute atomic E-state index is 14.4. The number of imide groups is 1. The first-order valence-electron chi connectivity index (χ1n) is 11.1. The van der Waals surface area contributed by atoms with Gasteiger partial charge < -0.3 is 4.90 Å². The largest absolute Gasteiger partial charge is 0.327 e. The fourth-order valence-electron chi connectivity index (χ4n) is 4.26. The van der Waals surface area contributed by atoms with Crippen molar-refractivity contribution < 1.29 is 22.4 Å². The molecule has 8 nitrogen and oxygen atoms in total. The summed E-state index contributed by atoms with van der Waals surface area (Å²) in [4.78, 5) is 34.0. The number of nitrogens with zero attached hydrogens (tertiary/aromatic N) is 4. The van der Waals surface area contributed by atoms with Crippen molar-refractivity contribution >= 4 is 34.2 Å². The van der Waals surface area contributed by atoms with Crippen LogP contribution in [0.1, 0.15) is 24.1 Å². The number of hydrogen-bond donors (Lipinski definition) is 0. The van der Waals surface area contributed by atoms with E-state index in [0.29, 0.717) is 25.3 Å². The summed E-state index contributed by atoms with van der Waals surface area (Å²) < 4.78 is 37.6. The lowest BCUT2D eigenvalue weighted by Crippen LogP contribution is -2.40. The van der Waals surface area contributed by atoms with Crippen molar-refractivity contribution in [2.45, 2.75) is 32.0 Å². The second kappa shape index (κ2) is 9.59. The maximum Gasteiger partial charge on any atom is 0.327 e. The highest BCUT2D eigenvalue weighted by atomic mass is 35.5. The van der Waals surface area contributed by atoms with Crippen LogP contribution in [-0.4, -0.2) is 77.2 Å². The molecule has 0 radical (unpaired) electrons.